The maximum absolute atomic E-state index is 13.9. The van der Waals surface area contributed by atoms with E-state index in [0.29, 0.717) is 41.7 Å². The van der Waals surface area contributed by atoms with Crippen molar-refractivity contribution in [2.75, 3.05) is 32.8 Å². The lowest BCUT2D eigenvalue weighted by Crippen LogP contribution is -2.69. The Morgan fingerprint density at radius 3 is 2.27 bits per heavy atom. The van der Waals surface area contributed by atoms with E-state index in [1.807, 2.05) is 12.1 Å². The van der Waals surface area contributed by atoms with Crippen molar-refractivity contribution in [3.63, 3.8) is 0 Å². The average Bonchev–Trinajstić information content (AvgIpc) is 3.47. The Balaban J connectivity index is 1.14. The quantitative estimate of drug-likeness (QED) is 0.245. The van der Waals surface area contributed by atoms with E-state index in [0.717, 1.165) is 64.0 Å². The third kappa shape index (κ3) is 5.72. The lowest BCUT2D eigenvalue weighted by molar-refractivity contribution is -0.218. The predicted molar refractivity (Wildman–Crippen MR) is 209 cm³/mol. The van der Waals surface area contributed by atoms with Gasteiger partial charge in [0.15, 0.2) is 0 Å². The lowest BCUT2D eigenvalue weighted by Gasteiger charge is -2.72. The van der Waals surface area contributed by atoms with Crippen molar-refractivity contribution in [1.29, 1.82) is 0 Å². The van der Waals surface area contributed by atoms with Gasteiger partial charge in [0, 0.05) is 30.7 Å². The van der Waals surface area contributed by atoms with Gasteiger partial charge in [-0.25, -0.2) is 9.59 Å². The van der Waals surface area contributed by atoms with Crippen molar-refractivity contribution in [1.82, 2.24) is 15.5 Å². The second-order valence-corrected chi connectivity index (χ2v) is 20.0. The summed E-state index contributed by atoms with van der Waals surface area (Å²) >= 11 is 0. The molecule has 1 aromatic carbocycles. The van der Waals surface area contributed by atoms with E-state index < -0.39 is 5.97 Å². The molecule has 7 heteroatoms. The van der Waals surface area contributed by atoms with Crippen molar-refractivity contribution in [2.45, 2.75) is 124 Å². The van der Waals surface area contributed by atoms with Crippen molar-refractivity contribution in [3.05, 3.63) is 53.6 Å². The van der Waals surface area contributed by atoms with Gasteiger partial charge in [-0.2, -0.15) is 0 Å². The number of aromatic carboxylic acids is 1. The van der Waals surface area contributed by atoms with Crippen LogP contribution >= 0.6 is 0 Å². The highest BCUT2D eigenvalue weighted by Crippen LogP contribution is 2.76. The summed E-state index contributed by atoms with van der Waals surface area (Å²) in [6.07, 6.45) is 12.9. The largest absolute Gasteiger partial charge is 0.478 e. The number of carbonyl (C=O) groups is 2. The molecule has 9 atom stereocenters. The summed E-state index contributed by atoms with van der Waals surface area (Å²) in [5.41, 5.74) is 4.44. The zero-order valence-electron chi connectivity index (χ0n) is 33.5. The SMILES string of the molecule is C=C(C)[C@@H]1CC[C@]2(NC(=O)NCC(C)(C)N3CCOCC3)CC[C@]3(C)[C@H](CC[C@@H]4[C@@]5(C)CC=C(c6ccc(C(=O)O)cc6)C(C)(C)[C@@H]5CC[C@]43C)[C@@H]12. The van der Waals surface area contributed by atoms with Crippen molar-refractivity contribution in [3.8, 4) is 0 Å². The summed E-state index contributed by atoms with van der Waals surface area (Å²) in [5, 5.41) is 16.5. The van der Waals surface area contributed by atoms with Crippen LogP contribution in [0.2, 0.25) is 0 Å². The summed E-state index contributed by atoms with van der Waals surface area (Å²) in [4.78, 5) is 27.9. The number of urea groups is 1. The molecule has 4 saturated carbocycles. The van der Waals surface area contributed by atoms with Crippen LogP contribution in [0.15, 0.2) is 42.5 Å². The highest BCUT2D eigenvalue weighted by atomic mass is 16.5. The molecule has 52 heavy (non-hydrogen) atoms. The topological polar surface area (TPSA) is 90.9 Å². The zero-order valence-corrected chi connectivity index (χ0v) is 33.5. The number of allylic oxidation sites excluding steroid dienone is 3. The number of amides is 2. The maximum atomic E-state index is 13.9. The number of carbonyl (C=O) groups excluding carboxylic acids is 1. The Kier molecular flexibility index (Phi) is 9.41. The monoisotopic (exact) mass is 714 g/mol. The first-order valence-electron chi connectivity index (χ1n) is 20.5. The Morgan fingerprint density at radius 2 is 1.62 bits per heavy atom. The number of benzene rings is 1. The summed E-state index contributed by atoms with van der Waals surface area (Å²) in [5.74, 6) is 1.71. The molecule has 7 nitrogen and oxygen atoms in total. The Hall–Kier alpha value is -2.64. The van der Waals surface area contributed by atoms with Gasteiger partial charge in [-0.15, -0.1) is 0 Å². The number of hydrogen-bond donors (Lipinski definition) is 3. The molecule has 0 unspecified atom stereocenters. The van der Waals surface area contributed by atoms with E-state index in [-0.39, 0.29) is 38.8 Å². The normalized spacial score (nSPS) is 39.9. The van der Waals surface area contributed by atoms with Crippen LogP contribution < -0.4 is 10.6 Å². The van der Waals surface area contributed by atoms with Gasteiger partial charge in [-0.1, -0.05) is 65.0 Å². The standard InChI is InChI=1S/C45H67N3O4/c1-29(2)32-16-21-45(47-39(51)46-28-40(3,4)48-24-26-52-27-25-48)23-22-43(8)34(37(32)45)14-15-36-42(7)19-17-33(30-10-12-31(13-11-30)38(49)50)41(5,6)35(42)18-20-44(36,43)9/h10-13,17,32,34-37H,1,14-16,18-28H2,2-9H3,(H,49,50)(H2,46,47,51)/t32-,34+,35-,36+,37+,42-,43+,44+,45-/m0/s1. The van der Waals surface area contributed by atoms with Gasteiger partial charge < -0.3 is 20.5 Å². The minimum Gasteiger partial charge on any atom is -0.478 e. The van der Waals surface area contributed by atoms with E-state index in [2.05, 4.69) is 83.6 Å². The lowest BCUT2D eigenvalue weighted by atomic mass is 9.33. The Bertz CT molecular complexity index is 1610. The number of hydrogen-bond acceptors (Lipinski definition) is 4. The van der Waals surface area contributed by atoms with Gasteiger partial charge in [0.1, 0.15) is 0 Å². The summed E-state index contributed by atoms with van der Waals surface area (Å²) in [6, 6.07) is 7.56. The van der Waals surface area contributed by atoms with E-state index in [1.54, 1.807) is 12.1 Å². The van der Waals surface area contributed by atoms with Gasteiger partial charge in [-0.05, 0) is 153 Å². The molecule has 0 spiro atoms. The van der Waals surface area contributed by atoms with Crippen LogP contribution in [0.4, 0.5) is 4.79 Å². The third-order valence-corrected chi connectivity index (χ3v) is 17.0. The molecular formula is C45H67N3O4. The smallest absolute Gasteiger partial charge is 0.335 e. The van der Waals surface area contributed by atoms with Crippen LogP contribution in [-0.2, 0) is 4.74 Å². The van der Waals surface area contributed by atoms with Crippen LogP contribution in [0.3, 0.4) is 0 Å². The van der Waals surface area contributed by atoms with Gasteiger partial charge in [0.2, 0.25) is 0 Å². The average molecular weight is 714 g/mol. The molecule has 7 rings (SSSR count). The van der Waals surface area contributed by atoms with E-state index in [9.17, 15) is 14.7 Å². The number of nitrogens with one attached hydrogen (secondary N) is 2. The minimum absolute atomic E-state index is 0.00477. The fourth-order valence-corrected chi connectivity index (χ4v) is 14.1. The molecule has 286 valence electrons. The fraction of sp³-hybridized carbons (Fsp3) is 0.733. The van der Waals surface area contributed by atoms with E-state index in [1.165, 1.54) is 36.8 Å². The molecule has 1 heterocycles. The maximum Gasteiger partial charge on any atom is 0.335 e. The molecule has 0 radical (unpaired) electrons. The number of ether oxygens (including phenoxy) is 1. The van der Waals surface area contributed by atoms with Crippen molar-refractivity contribution in [2.24, 2.45) is 51.2 Å². The van der Waals surface area contributed by atoms with Crippen LogP contribution in [0.25, 0.3) is 5.57 Å². The highest BCUT2D eigenvalue weighted by Gasteiger charge is 2.70. The van der Waals surface area contributed by atoms with E-state index in [4.69, 9.17) is 4.74 Å². The molecular weight excluding hydrogens is 647 g/mol. The first-order chi connectivity index (χ1) is 24.4. The number of morpholine rings is 1. The number of rotatable bonds is 7. The second kappa shape index (κ2) is 13.0. The molecule has 1 saturated heterocycles. The van der Waals surface area contributed by atoms with Gasteiger partial charge >= 0.3 is 12.0 Å². The second-order valence-electron chi connectivity index (χ2n) is 20.0. The molecule has 1 aromatic rings. The predicted octanol–water partition coefficient (Wildman–Crippen LogP) is 9.20. The minimum atomic E-state index is -0.874. The number of fused-ring (bicyclic) bond motifs is 7. The molecule has 6 aliphatic rings. The number of carboxylic acids is 1. The molecule has 0 bridgehead atoms. The number of nitrogens with zero attached hydrogens (tertiary/aromatic N) is 1. The summed E-state index contributed by atoms with van der Waals surface area (Å²) in [7, 11) is 0. The highest BCUT2D eigenvalue weighted by molar-refractivity contribution is 5.88. The van der Waals surface area contributed by atoms with Crippen LogP contribution in [0.5, 0.6) is 0 Å². The molecule has 1 aliphatic heterocycles. The van der Waals surface area contributed by atoms with Crippen molar-refractivity contribution >= 4 is 17.6 Å². The Labute approximate surface area is 313 Å². The summed E-state index contributed by atoms with van der Waals surface area (Å²) in [6.45, 7) is 28.0. The van der Waals surface area contributed by atoms with Crippen molar-refractivity contribution < 1.29 is 19.4 Å². The van der Waals surface area contributed by atoms with E-state index >= 15 is 0 Å². The first kappa shape index (κ1) is 37.7. The molecule has 3 N–H and O–H groups in total. The Morgan fingerprint density at radius 1 is 0.923 bits per heavy atom. The molecule has 5 aliphatic carbocycles. The summed E-state index contributed by atoms with van der Waals surface area (Å²) < 4.78 is 5.59. The molecule has 2 amide bonds. The first-order valence-corrected chi connectivity index (χ1v) is 20.5. The van der Waals surface area contributed by atoms with Gasteiger partial charge in [-0.3, -0.25) is 4.90 Å². The van der Waals surface area contributed by atoms with Crippen LogP contribution in [-0.4, -0.2) is 65.9 Å². The fourth-order valence-electron chi connectivity index (χ4n) is 14.1. The van der Waals surface area contributed by atoms with Crippen LogP contribution in [0, 0.1) is 51.2 Å². The molecule has 0 aromatic heterocycles. The molecule has 5 fully saturated rings. The van der Waals surface area contributed by atoms with Gasteiger partial charge in [0.25, 0.3) is 0 Å². The number of carboxylic acid groups (broad SMARTS) is 1. The van der Waals surface area contributed by atoms with Crippen LogP contribution in [0.1, 0.15) is 129 Å². The van der Waals surface area contributed by atoms with Gasteiger partial charge in [0.05, 0.1) is 18.8 Å². The third-order valence-electron chi connectivity index (χ3n) is 17.0. The zero-order chi connectivity index (χ0) is 37.5.